The smallest absolute Gasteiger partial charge is 0.0540 e. The van der Waals surface area contributed by atoms with Crippen LogP contribution in [0, 0.1) is 0 Å². The summed E-state index contributed by atoms with van der Waals surface area (Å²) in [6.45, 7) is 4.73. The Morgan fingerprint density at radius 2 is 0.690 bits per heavy atom. The lowest BCUT2D eigenvalue weighted by atomic mass is 9.82. The summed E-state index contributed by atoms with van der Waals surface area (Å²) in [4.78, 5) is 2.51. The van der Waals surface area contributed by atoms with Crippen LogP contribution in [0.15, 0.2) is 224 Å². The first kappa shape index (κ1) is 35.2. The van der Waals surface area contributed by atoms with E-state index in [1.165, 1.54) is 66.8 Å². The number of fused-ring (bicyclic) bond motifs is 3. The number of nitrogens with zero attached hydrogens (tertiary/aromatic N) is 1. The molecule has 0 unspecified atom stereocenters. The Morgan fingerprint density at radius 3 is 1.26 bits per heavy atom. The van der Waals surface area contributed by atoms with Crippen LogP contribution in [-0.4, -0.2) is 0 Å². The van der Waals surface area contributed by atoms with Crippen molar-refractivity contribution in [2.75, 3.05) is 4.90 Å². The van der Waals surface area contributed by atoms with E-state index in [4.69, 9.17) is 0 Å². The fraction of sp³-hybridized carbons (Fsp3) is 0.0526. The maximum Gasteiger partial charge on any atom is 0.0540 e. The lowest BCUT2D eigenvalue weighted by Crippen LogP contribution is -2.17. The molecule has 0 aliphatic heterocycles. The van der Waals surface area contributed by atoms with Gasteiger partial charge in [0.1, 0.15) is 0 Å². The third kappa shape index (κ3) is 6.22. The molecule has 1 heteroatoms. The van der Waals surface area contributed by atoms with Crippen molar-refractivity contribution in [3.8, 4) is 66.8 Å². The van der Waals surface area contributed by atoms with Crippen LogP contribution in [0.25, 0.3) is 66.8 Å². The van der Waals surface area contributed by atoms with Gasteiger partial charge in [-0.3, -0.25) is 0 Å². The lowest BCUT2D eigenvalue weighted by Gasteiger charge is -2.32. The second-order valence-electron chi connectivity index (χ2n) is 15.7. The van der Waals surface area contributed by atoms with Crippen molar-refractivity contribution in [2.45, 2.75) is 19.3 Å². The topological polar surface area (TPSA) is 3.24 Å². The normalized spacial score (nSPS) is 12.4. The van der Waals surface area contributed by atoms with E-state index in [1.807, 2.05) is 0 Å². The Kier molecular flexibility index (Phi) is 8.92. The predicted molar refractivity (Wildman–Crippen MR) is 246 cm³/mol. The summed E-state index contributed by atoms with van der Waals surface area (Å²) in [6.07, 6.45) is 0. The molecule has 0 atom stereocenters. The van der Waals surface area contributed by atoms with Crippen LogP contribution in [0.1, 0.15) is 25.0 Å². The molecule has 0 bridgehead atoms. The summed E-state index contributed by atoms with van der Waals surface area (Å²) in [7, 11) is 0. The van der Waals surface area contributed by atoms with Crippen molar-refractivity contribution in [1.29, 1.82) is 0 Å². The molecule has 1 aliphatic carbocycles. The number of hydrogen-bond donors (Lipinski definition) is 0. The lowest BCUT2D eigenvalue weighted by molar-refractivity contribution is 0.660. The van der Waals surface area contributed by atoms with E-state index < -0.39 is 0 Å². The molecule has 1 nitrogen and oxygen atoms in total. The summed E-state index contributed by atoms with van der Waals surface area (Å²) in [5.41, 5.74) is 20.4. The third-order valence-corrected chi connectivity index (χ3v) is 11.9. The molecule has 0 saturated heterocycles. The van der Waals surface area contributed by atoms with Gasteiger partial charge in [0.05, 0.1) is 11.4 Å². The fourth-order valence-corrected chi connectivity index (χ4v) is 8.98. The molecule has 0 amide bonds. The van der Waals surface area contributed by atoms with Crippen molar-refractivity contribution in [2.24, 2.45) is 0 Å². The summed E-state index contributed by atoms with van der Waals surface area (Å²) in [6, 6.07) is 81.9. The first-order chi connectivity index (χ1) is 28.5. The van der Waals surface area contributed by atoms with Crippen LogP contribution in [-0.2, 0) is 5.41 Å². The minimum Gasteiger partial charge on any atom is -0.309 e. The highest BCUT2D eigenvalue weighted by Gasteiger charge is 2.36. The summed E-state index contributed by atoms with van der Waals surface area (Å²) in [5.74, 6) is 0. The van der Waals surface area contributed by atoms with E-state index in [1.54, 1.807) is 0 Å². The largest absolute Gasteiger partial charge is 0.309 e. The van der Waals surface area contributed by atoms with Gasteiger partial charge in [0.25, 0.3) is 0 Å². The van der Waals surface area contributed by atoms with Crippen LogP contribution in [0.4, 0.5) is 17.1 Å². The number of benzene rings is 9. The highest BCUT2D eigenvalue weighted by atomic mass is 15.1. The van der Waals surface area contributed by atoms with Crippen molar-refractivity contribution in [3.05, 3.63) is 236 Å². The van der Waals surface area contributed by atoms with Crippen LogP contribution in [0.2, 0.25) is 0 Å². The molecule has 0 aromatic heterocycles. The summed E-state index contributed by atoms with van der Waals surface area (Å²) >= 11 is 0. The van der Waals surface area contributed by atoms with Gasteiger partial charge >= 0.3 is 0 Å². The molecular weight excluding hydrogens is 699 g/mol. The van der Waals surface area contributed by atoms with Gasteiger partial charge in [0.15, 0.2) is 0 Å². The minimum atomic E-state index is -0.152. The molecule has 0 N–H and O–H groups in total. The molecule has 0 spiro atoms. The molecule has 1 aliphatic rings. The van der Waals surface area contributed by atoms with Gasteiger partial charge < -0.3 is 4.90 Å². The standard InChI is InChI=1S/C57H43N/c1-57(2)53-30-18-17-29-49(53)50-34-33-46(39-54(50)57)58(55-35-31-44(40-19-7-3-8-20-40)37-51(55)42-23-11-5-12-24-42)56-36-32-45(38-52(56)43-25-13-6-14-26-43)48-28-16-15-27-47(48)41-21-9-4-10-22-41/h3-39H,1-2H3. The van der Waals surface area contributed by atoms with Crippen molar-refractivity contribution in [1.82, 2.24) is 0 Å². The van der Waals surface area contributed by atoms with Crippen LogP contribution < -0.4 is 4.90 Å². The second-order valence-corrected chi connectivity index (χ2v) is 15.7. The number of rotatable bonds is 8. The average Bonchev–Trinajstić information content (AvgIpc) is 3.53. The molecular formula is C57H43N. The van der Waals surface area contributed by atoms with Crippen LogP contribution in [0.5, 0.6) is 0 Å². The van der Waals surface area contributed by atoms with Gasteiger partial charge in [-0.05, 0) is 103 Å². The molecule has 10 rings (SSSR count). The van der Waals surface area contributed by atoms with Crippen LogP contribution >= 0.6 is 0 Å². The predicted octanol–water partition coefficient (Wildman–Crippen LogP) is 15.8. The first-order valence-corrected chi connectivity index (χ1v) is 20.2. The molecule has 0 saturated carbocycles. The zero-order chi connectivity index (χ0) is 39.1. The summed E-state index contributed by atoms with van der Waals surface area (Å²) in [5, 5.41) is 0. The third-order valence-electron chi connectivity index (χ3n) is 11.9. The highest BCUT2D eigenvalue weighted by molar-refractivity contribution is 5.98. The Balaban J connectivity index is 1.25. The van der Waals surface area contributed by atoms with E-state index in [0.717, 1.165) is 28.2 Å². The van der Waals surface area contributed by atoms with E-state index >= 15 is 0 Å². The van der Waals surface area contributed by atoms with Crippen LogP contribution in [0.3, 0.4) is 0 Å². The van der Waals surface area contributed by atoms with Gasteiger partial charge in [-0.15, -0.1) is 0 Å². The molecule has 9 aromatic carbocycles. The molecule has 58 heavy (non-hydrogen) atoms. The molecule has 0 heterocycles. The molecule has 0 fully saturated rings. The molecule has 9 aromatic rings. The maximum absolute atomic E-state index is 2.51. The Labute approximate surface area is 342 Å². The van der Waals surface area contributed by atoms with Crippen molar-refractivity contribution >= 4 is 17.1 Å². The monoisotopic (exact) mass is 741 g/mol. The SMILES string of the molecule is CC1(C)c2ccccc2-c2ccc(N(c3ccc(-c4ccccc4)cc3-c3ccccc3)c3ccc(-c4ccccc4-c4ccccc4)cc3-c3ccccc3)cc21. The number of hydrogen-bond acceptors (Lipinski definition) is 1. The van der Waals surface area contributed by atoms with Crippen molar-refractivity contribution in [3.63, 3.8) is 0 Å². The van der Waals surface area contributed by atoms with E-state index in [-0.39, 0.29) is 5.41 Å². The quantitative estimate of drug-likeness (QED) is 0.150. The van der Waals surface area contributed by atoms with Gasteiger partial charge in [0, 0.05) is 22.2 Å². The minimum absolute atomic E-state index is 0.152. The Hall–Kier alpha value is -7.22. The first-order valence-electron chi connectivity index (χ1n) is 20.2. The zero-order valence-corrected chi connectivity index (χ0v) is 32.8. The van der Waals surface area contributed by atoms with Gasteiger partial charge in [-0.2, -0.15) is 0 Å². The van der Waals surface area contributed by atoms with Gasteiger partial charge in [-0.1, -0.05) is 202 Å². The van der Waals surface area contributed by atoms with E-state index in [9.17, 15) is 0 Å². The Bertz CT molecular complexity index is 2890. The highest BCUT2D eigenvalue weighted by Crippen LogP contribution is 2.53. The van der Waals surface area contributed by atoms with Gasteiger partial charge in [-0.25, -0.2) is 0 Å². The van der Waals surface area contributed by atoms with Crippen molar-refractivity contribution < 1.29 is 0 Å². The fourth-order valence-electron chi connectivity index (χ4n) is 8.98. The molecule has 276 valence electrons. The Morgan fingerprint density at radius 1 is 0.276 bits per heavy atom. The molecule has 0 radical (unpaired) electrons. The van der Waals surface area contributed by atoms with E-state index in [2.05, 4.69) is 243 Å². The maximum atomic E-state index is 2.51. The van der Waals surface area contributed by atoms with E-state index in [0.29, 0.717) is 0 Å². The van der Waals surface area contributed by atoms with Gasteiger partial charge in [0.2, 0.25) is 0 Å². The summed E-state index contributed by atoms with van der Waals surface area (Å²) < 4.78 is 0. The second kappa shape index (κ2) is 14.7. The number of anilines is 3. The average molecular weight is 742 g/mol. The zero-order valence-electron chi connectivity index (χ0n) is 32.8.